The fourth-order valence-electron chi connectivity index (χ4n) is 1.43. The van der Waals surface area contributed by atoms with E-state index >= 15 is 0 Å². The number of nitrogens with two attached hydrogens (primary N) is 1. The number of nitrogen functional groups attached to an aromatic ring is 1. The van der Waals surface area contributed by atoms with E-state index < -0.39 is 0 Å². The van der Waals surface area contributed by atoms with E-state index in [-0.39, 0.29) is 0 Å². The zero-order valence-corrected chi connectivity index (χ0v) is 9.36. The molecule has 0 aliphatic rings. The normalized spacial score (nSPS) is 10.1. The van der Waals surface area contributed by atoms with Crippen molar-refractivity contribution in [2.45, 2.75) is 13.8 Å². The van der Waals surface area contributed by atoms with Crippen LogP contribution < -0.4 is 11.1 Å². The summed E-state index contributed by atoms with van der Waals surface area (Å²) in [5, 5.41) is 3.22. The van der Waals surface area contributed by atoms with Crippen LogP contribution in [0.1, 0.15) is 11.4 Å². The summed E-state index contributed by atoms with van der Waals surface area (Å²) in [6.07, 6.45) is 0. The van der Waals surface area contributed by atoms with Crippen LogP contribution in [-0.4, -0.2) is 9.97 Å². The standard InChI is InChI=1S/C12H14N4/c1-8-11(13)14-9(2)15-12(8)16-10-6-4-3-5-7-10/h3-7H,1-2H3,(H3,13,14,15,16). The number of para-hydroxylation sites is 1. The molecule has 0 fully saturated rings. The Hall–Kier alpha value is -2.10. The van der Waals surface area contributed by atoms with E-state index in [9.17, 15) is 0 Å². The molecule has 0 radical (unpaired) electrons. The van der Waals surface area contributed by atoms with Crippen LogP contribution in [0.2, 0.25) is 0 Å². The molecule has 0 unspecified atom stereocenters. The number of nitrogens with zero attached hydrogens (tertiary/aromatic N) is 2. The van der Waals surface area contributed by atoms with Gasteiger partial charge in [-0.25, -0.2) is 9.97 Å². The summed E-state index contributed by atoms with van der Waals surface area (Å²) in [5.74, 6) is 1.95. The maximum absolute atomic E-state index is 5.78. The molecule has 1 heterocycles. The van der Waals surface area contributed by atoms with Crippen molar-refractivity contribution in [2.75, 3.05) is 11.1 Å². The second-order valence-corrected chi connectivity index (χ2v) is 3.62. The van der Waals surface area contributed by atoms with Crippen LogP contribution in [-0.2, 0) is 0 Å². The first-order valence-electron chi connectivity index (χ1n) is 5.09. The summed E-state index contributed by atoms with van der Waals surface area (Å²) in [4.78, 5) is 8.43. The summed E-state index contributed by atoms with van der Waals surface area (Å²) in [6, 6.07) is 9.86. The highest BCUT2D eigenvalue weighted by Crippen LogP contribution is 2.21. The molecule has 0 saturated carbocycles. The first-order valence-corrected chi connectivity index (χ1v) is 5.09. The van der Waals surface area contributed by atoms with E-state index in [2.05, 4.69) is 15.3 Å². The zero-order valence-electron chi connectivity index (χ0n) is 9.36. The van der Waals surface area contributed by atoms with Gasteiger partial charge >= 0.3 is 0 Å². The highest BCUT2D eigenvalue weighted by atomic mass is 15.1. The smallest absolute Gasteiger partial charge is 0.139 e. The van der Waals surface area contributed by atoms with Crippen LogP contribution in [0.5, 0.6) is 0 Å². The van der Waals surface area contributed by atoms with Crippen LogP contribution >= 0.6 is 0 Å². The molecule has 2 aromatic rings. The highest BCUT2D eigenvalue weighted by Gasteiger charge is 2.06. The molecule has 0 bridgehead atoms. The SMILES string of the molecule is Cc1nc(N)c(C)c(Nc2ccccc2)n1. The fraction of sp³-hybridized carbons (Fsp3) is 0.167. The van der Waals surface area contributed by atoms with Crippen molar-refractivity contribution in [1.29, 1.82) is 0 Å². The number of benzene rings is 1. The van der Waals surface area contributed by atoms with Gasteiger partial charge in [0.2, 0.25) is 0 Å². The van der Waals surface area contributed by atoms with E-state index in [1.807, 2.05) is 44.2 Å². The van der Waals surface area contributed by atoms with Gasteiger partial charge in [0.25, 0.3) is 0 Å². The van der Waals surface area contributed by atoms with Crippen molar-refractivity contribution in [3.8, 4) is 0 Å². The molecule has 4 heteroatoms. The van der Waals surface area contributed by atoms with Gasteiger partial charge in [0.15, 0.2) is 0 Å². The van der Waals surface area contributed by atoms with E-state index in [0.717, 1.165) is 17.1 Å². The quantitative estimate of drug-likeness (QED) is 0.805. The lowest BCUT2D eigenvalue weighted by Crippen LogP contribution is -2.04. The number of aromatic nitrogens is 2. The minimum Gasteiger partial charge on any atom is -0.383 e. The summed E-state index contributed by atoms with van der Waals surface area (Å²) >= 11 is 0. The number of aryl methyl sites for hydroxylation is 1. The number of hydrogen-bond donors (Lipinski definition) is 2. The molecule has 0 spiro atoms. The third-order valence-electron chi connectivity index (χ3n) is 2.33. The number of anilines is 3. The molecule has 4 nitrogen and oxygen atoms in total. The molecule has 0 saturated heterocycles. The van der Waals surface area contributed by atoms with Crippen LogP contribution in [0.25, 0.3) is 0 Å². The fourth-order valence-corrected chi connectivity index (χ4v) is 1.43. The van der Waals surface area contributed by atoms with Crippen molar-refractivity contribution in [2.24, 2.45) is 0 Å². The van der Waals surface area contributed by atoms with Gasteiger partial charge in [-0.3, -0.25) is 0 Å². The largest absolute Gasteiger partial charge is 0.383 e. The Balaban J connectivity index is 2.35. The average molecular weight is 214 g/mol. The number of nitrogens with one attached hydrogen (secondary N) is 1. The molecule has 16 heavy (non-hydrogen) atoms. The summed E-state index contributed by atoms with van der Waals surface area (Å²) in [5.41, 5.74) is 7.64. The van der Waals surface area contributed by atoms with Gasteiger partial charge in [0.1, 0.15) is 17.5 Å². The zero-order chi connectivity index (χ0) is 11.5. The van der Waals surface area contributed by atoms with Gasteiger partial charge in [-0.15, -0.1) is 0 Å². The monoisotopic (exact) mass is 214 g/mol. The second kappa shape index (κ2) is 4.18. The molecule has 0 amide bonds. The maximum Gasteiger partial charge on any atom is 0.139 e. The average Bonchev–Trinajstić information content (AvgIpc) is 2.27. The van der Waals surface area contributed by atoms with Crippen LogP contribution in [0.3, 0.4) is 0 Å². The maximum atomic E-state index is 5.78. The Kier molecular flexibility index (Phi) is 2.72. The van der Waals surface area contributed by atoms with Crippen molar-refractivity contribution < 1.29 is 0 Å². The van der Waals surface area contributed by atoms with Crippen molar-refractivity contribution >= 4 is 17.3 Å². The molecule has 0 atom stereocenters. The van der Waals surface area contributed by atoms with Gasteiger partial charge in [-0.05, 0) is 26.0 Å². The van der Waals surface area contributed by atoms with Gasteiger partial charge in [0.05, 0.1) is 0 Å². The lowest BCUT2D eigenvalue weighted by Gasteiger charge is -2.10. The van der Waals surface area contributed by atoms with Crippen molar-refractivity contribution in [1.82, 2.24) is 9.97 Å². The first-order chi connectivity index (χ1) is 7.66. The topological polar surface area (TPSA) is 63.8 Å². The molecule has 0 aliphatic carbocycles. The Morgan fingerprint density at radius 3 is 2.44 bits per heavy atom. The van der Waals surface area contributed by atoms with E-state index in [0.29, 0.717) is 11.6 Å². The Morgan fingerprint density at radius 2 is 1.75 bits per heavy atom. The summed E-state index contributed by atoms with van der Waals surface area (Å²) < 4.78 is 0. The van der Waals surface area contributed by atoms with E-state index in [1.165, 1.54) is 0 Å². The van der Waals surface area contributed by atoms with Gasteiger partial charge < -0.3 is 11.1 Å². The van der Waals surface area contributed by atoms with Gasteiger partial charge in [-0.2, -0.15) is 0 Å². The lowest BCUT2D eigenvalue weighted by atomic mass is 10.2. The van der Waals surface area contributed by atoms with Gasteiger partial charge in [-0.1, -0.05) is 18.2 Å². The highest BCUT2D eigenvalue weighted by molar-refractivity contribution is 5.63. The summed E-state index contributed by atoms with van der Waals surface area (Å²) in [6.45, 7) is 3.73. The second-order valence-electron chi connectivity index (χ2n) is 3.62. The minimum absolute atomic E-state index is 0.519. The van der Waals surface area contributed by atoms with Crippen LogP contribution in [0.15, 0.2) is 30.3 Å². The molecule has 2 rings (SSSR count). The Bertz CT molecular complexity index is 494. The van der Waals surface area contributed by atoms with Gasteiger partial charge in [0, 0.05) is 11.3 Å². The molecule has 0 aliphatic heterocycles. The molecule has 1 aromatic heterocycles. The van der Waals surface area contributed by atoms with Crippen molar-refractivity contribution in [3.63, 3.8) is 0 Å². The van der Waals surface area contributed by atoms with Crippen molar-refractivity contribution in [3.05, 3.63) is 41.7 Å². The molecule has 82 valence electrons. The summed E-state index contributed by atoms with van der Waals surface area (Å²) in [7, 11) is 0. The molecule has 3 N–H and O–H groups in total. The van der Waals surface area contributed by atoms with Crippen LogP contribution in [0.4, 0.5) is 17.3 Å². The van der Waals surface area contributed by atoms with Crippen LogP contribution in [0, 0.1) is 13.8 Å². The number of hydrogen-bond acceptors (Lipinski definition) is 4. The Labute approximate surface area is 94.5 Å². The number of rotatable bonds is 2. The Morgan fingerprint density at radius 1 is 1.06 bits per heavy atom. The third kappa shape index (κ3) is 2.11. The predicted molar refractivity (Wildman–Crippen MR) is 65.6 cm³/mol. The lowest BCUT2D eigenvalue weighted by molar-refractivity contribution is 1.04. The molecular weight excluding hydrogens is 200 g/mol. The molecule has 1 aromatic carbocycles. The third-order valence-corrected chi connectivity index (χ3v) is 2.33. The molecular formula is C12H14N4. The first kappa shape index (κ1) is 10.4. The predicted octanol–water partition coefficient (Wildman–Crippen LogP) is 2.42. The van der Waals surface area contributed by atoms with E-state index in [1.54, 1.807) is 0 Å². The minimum atomic E-state index is 0.519. The van der Waals surface area contributed by atoms with E-state index in [4.69, 9.17) is 5.73 Å².